The van der Waals surface area contributed by atoms with Crippen molar-refractivity contribution in [1.29, 1.82) is 0 Å². The van der Waals surface area contributed by atoms with E-state index in [1.54, 1.807) is 17.0 Å². The van der Waals surface area contributed by atoms with E-state index in [0.717, 1.165) is 13.0 Å². The predicted octanol–water partition coefficient (Wildman–Crippen LogP) is 2.01. The number of methoxy groups -OCH3 is 1. The van der Waals surface area contributed by atoms with Gasteiger partial charge in [-0.1, -0.05) is 15.9 Å². The van der Waals surface area contributed by atoms with Gasteiger partial charge in [-0.25, -0.2) is 0 Å². The second-order valence-corrected chi connectivity index (χ2v) is 5.32. The molecule has 0 aromatic heterocycles. The first-order chi connectivity index (χ1) is 8.11. The molecule has 1 aliphatic rings. The molecule has 0 radical (unpaired) electrons. The number of ether oxygens (including phenoxy) is 1. The lowest BCUT2D eigenvalue weighted by molar-refractivity contribution is 0.0793. The van der Waals surface area contributed by atoms with Crippen molar-refractivity contribution in [2.24, 2.45) is 0 Å². The summed E-state index contributed by atoms with van der Waals surface area (Å²) < 4.78 is 4.94. The molecule has 1 fully saturated rings. The van der Waals surface area contributed by atoms with Crippen LogP contribution in [0.1, 0.15) is 16.8 Å². The summed E-state index contributed by atoms with van der Waals surface area (Å²) in [6.45, 7) is 1.47. The molecule has 1 N–H and O–H groups in total. The number of nitrogens with zero attached hydrogens (tertiary/aromatic N) is 1. The molecule has 1 atom stereocenters. The third kappa shape index (κ3) is 2.54. The highest BCUT2D eigenvalue weighted by Crippen LogP contribution is 2.27. The largest absolute Gasteiger partial charge is 0.504 e. The molecule has 1 aromatic carbocycles. The Morgan fingerprint density at radius 2 is 2.35 bits per heavy atom. The Balaban J connectivity index is 2.17. The van der Waals surface area contributed by atoms with Gasteiger partial charge >= 0.3 is 0 Å². The second-order valence-electron chi connectivity index (χ2n) is 4.02. The van der Waals surface area contributed by atoms with Gasteiger partial charge in [0, 0.05) is 23.5 Å². The van der Waals surface area contributed by atoms with Gasteiger partial charge in [0.05, 0.1) is 7.11 Å². The second kappa shape index (κ2) is 4.96. The molecule has 1 unspecified atom stereocenters. The van der Waals surface area contributed by atoms with Crippen molar-refractivity contribution in [3.63, 3.8) is 0 Å². The van der Waals surface area contributed by atoms with Crippen LogP contribution in [0.4, 0.5) is 0 Å². The Morgan fingerprint density at radius 3 is 2.88 bits per heavy atom. The summed E-state index contributed by atoms with van der Waals surface area (Å²) in [4.78, 5) is 14.2. The molecule has 4 nitrogen and oxygen atoms in total. The minimum atomic E-state index is -0.0510. The molecule has 0 bridgehead atoms. The summed E-state index contributed by atoms with van der Waals surface area (Å²) in [5.41, 5.74) is 0.491. The Morgan fingerprint density at radius 1 is 1.59 bits per heavy atom. The lowest BCUT2D eigenvalue weighted by Gasteiger charge is -2.16. The third-order valence-electron chi connectivity index (χ3n) is 2.84. The standard InChI is InChI=1S/C12H14BrNO3/c1-17-11-3-2-8(6-10(11)15)12(16)14-5-4-9(13)7-14/h2-3,6,9,15H,4-5,7H2,1H3. The van der Waals surface area contributed by atoms with E-state index in [0.29, 0.717) is 22.7 Å². The first kappa shape index (κ1) is 12.2. The molecule has 5 heteroatoms. The van der Waals surface area contributed by atoms with Gasteiger partial charge in [-0.3, -0.25) is 4.79 Å². The van der Waals surface area contributed by atoms with Gasteiger partial charge in [-0.15, -0.1) is 0 Å². The molecule has 2 rings (SSSR count). The van der Waals surface area contributed by atoms with E-state index in [9.17, 15) is 9.90 Å². The molecule has 1 heterocycles. The number of rotatable bonds is 2. The lowest BCUT2D eigenvalue weighted by Crippen LogP contribution is -2.28. The van der Waals surface area contributed by atoms with Crippen LogP contribution in [0.15, 0.2) is 18.2 Å². The summed E-state index contributed by atoms with van der Waals surface area (Å²) in [5.74, 6) is 0.319. The van der Waals surface area contributed by atoms with Crippen molar-refractivity contribution < 1.29 is 14.6 Å². The molecular formula is C12H14BrNO3. The normalized spacial score (nSPS) is 19.4. The number of aromatic hydroxyl groups is 1. The van der Waals surface area contributed by atoms with Crippen LogP contribution < -0.4 is 4.74 Å². The van der Waals surface area contributed by atoms with Gasteiger partial charge in [0.2, 0.25) is 0 Å². The number of phenolic OH excluding ortho intramolecular Hbond substituents is 1. The van der Waals surface area contributed by atoms with Crippen molar-refractivity contribution >= 4 is 21.8 Å². The van der Waals surface area contributed by atoms with E-state index in [2.05, 4.69) is 15.9 Å². The third-order valence-corrected chi connectivity index (χ3v) is 3.59. The number of benzene rings is 1. The molecule has 1 amide bonds. The van der Waals surface area contributed by atoms with Gasteiger partial charge in [-0.2, -0.15) is 0 Å². The number of amides is 1. The number of hydrogen-bond acceptors (Lipinski definition) is 3. The van der Waals surface area contributed by atoms with Gasteiger partial charge in [0.25, 0.3) is 5.91 Å². The SMILES string of the molecule is COc1ccc(C(=O)N2CCC(Br)C2)cc1O. The number of likely N-dealkylation sites (tertiary alicyclic amines) is 1. The first-order valence-corrected chi connectivity index (χ1v) is 6.33. The summed E-state index contributed by atoms with van der Waals surface area (Å²) in [5, 5.41) is 9.63. The molecule has 1 aliphatic heterocycles. The Hall–Kier alpha value is -1.23. The maximum atomic E-state index is 12.1. The van der Waals surface area contributed by atoms with Crippen LogP contribution in [0, 0.1) is 0 Å². The fourth-order valence-corrected chi connectivity index (χ4v) is 2.46. The van der Waals surface area contributed by atoms with Gasteiger partial charge in [-0.05, 0) is 24.6 Å². The van der Waals surface area contributed by atoms with Crippen molar-refractivity contribution in [2.75, 3.05) is 20.2 Å². The van der Waals surface area contributed by atoms with Crippen LogP contribution in [-0.2, 0) is 0 Å². The van der Waals surface area contributed by atoms with Gasteiger partial charge < -0.3 is 14.7 Å². The first-order valence-electron chi connectivity index (χ1n) is 5.42. The van der Waals surface area contributed by atoms with Crippen molar-refractivity contribution in [2.45, 2.75) is 11.2 Å². The molecule has 1 saturated heterocycles. The van der Waals surface area contributed by atoms with E-state index in [4.69, 9.17) is 4.74 Å². The van der Waals surface area contributed by atoms with Crippen LogP contribution in [0.2, 0.25) is 0 Å². The molecular weight excluding hydrogens is 286 g/mol. The fourth-order valence-electron chi connectivity index (χ4n) is 1.91. The van der Waals surface area contributed by atoms with Crippen LogP contribution in [0.25, 0.3) is 0 Å². The van der Waals surface area contributed by atoms with E-state index in [1.165, 1.54) is 13.2 Å². The Labute approximate surface area is 108 Å². The smallest absolute Gasteiger partial charge is 0.254 e. The zero-order valence-electron chi connectivity index (χ0n) is 9.52. The molecule has 0 spiro atoms. The van der Waals surface area contributed by atoms with Crippen LogP contribution >= 0.6 is 15.9 Å². The van der Waals surface area contributed by atoms with E-state index >= 15 is 0 Å². The van der Waals surface area contributed by atoms with Crippen molar-refractivity contribution in [1.82, 2.24) is 4.90 Å². The average molecular weight is 300 g/mol. The lowest BCUT2D eigenvalue weighted by atomic mass is 10.2. The highest BCUT2D eigenvalue weighted by Gasteiger charge is 2.25. The zero-order chi connectivity index (χ0) is 12.4. The highest BCUT2D eigenvalue weighted by atomic mass is 79.9. The van der Waals surface area contributed by atoms with Crippen molar-refractivity contribution in [3.05, 3.63) is 23.8 Å². The van der Waals surface area contributed by atoms with E-state index < -0.39 is 0 Å². The quantitative estimate of drug-likeness (QED) is 0.850. The summed E-state index contributed by atoms with van der Waals surface area (Å²) in [6.07, 6.45) is 0.966. The van der Waals surface area contributed by atoms with Crippen LogP contribution in [0.5, 0.6) is 11.5 Å². The topological polar surface area (TPSA) is 49.8 Å². The minimum absolute atomic E-state index is 0.00654. The maximum absolute atomic E-state index is 12.1. The van der Waals surface area contributed by atoms with Crippen LogP contribution in [-0.4, -0.2) is 40.9 Å². The summed E-state index contributed by atoms with van der Waals surface area (Å²) in [6, 6.07) is 4.72. The number of alkyl halides is 1. The summed E-state index contributed by atoms with van der Waals surface area (Å²) >= 11 is 3.49. The molecule has 1 aromatic rings. The molecule has 92 valence electrons. The average Bonchev–Trinajstić information content (AvgIpc) is 2.75. The zero-order valence-corrected chi connectivity index (χ0v) is 11.1. The van der Waals surface area contributed by atoms with E-state index in [1.807, 2.05) is 0 Å². The molecule has 17 heavy (non-hydrogen) atoms. The van der Waals surface area contributed by atoms with Gasteiger partial charge in [0.1, 0.15) is 0 Å². The molecule has 0 saturated carbocycles. The van der Waals surface area contributed by atoms with Gasteiger partial charge in [0.15, 0.2) is 11.5 Å². The maximum Gasteiger partial charge on any atom is 0.254 e. The number of phenols is 1. The van der Waals surface area contributed by atoms with Crippen LogP contribution in [0.3, 0.4) is 0 Å². The Bertz CT molecular complexity index is 436. The highest BCUT2D eigenvalue weighted by molar-refractivity contribution is 9.09. The number of hydrogen-bond donors (Lipinski definition) is 1. The Kier molecular flexibility index (Phi) is 3.57. The molecule has 0 aliphatic carbocycles. The predicted molar refractivity (Wildman–Crippen MR) is 67.9 cm³/mol. The number of halogens is 1. The monoisotopic (exact) mass is 299 g/mol. The van der Waals surface area contributed by atoms with E-state index in [-0.39, 0.29) is 11.7 Å². The number of carbonyl (C=O) groups excluding carboxylic acids is 1. The summed E-state index contributed by atoms with van der Waals surface area (Å²) in [7, 11) is 1.48. The van der Waals surface area contributed by atoms with Crippen molar-refractivity contribution in [3.8, 4) is 11.5 Å². The fraction of sp³-hybridized carbons (Fsp3) is 0.417. The number of carbonyl (C=O) groups is 1. The minimum Gasteiger partial charge on any atom is -0.504 e.